The van der Waals surface area contributed by atoms with Crippen molar-refractivity contribution in [1.82, 2.24) is 10.2 Å². The summed E-state index contributed by atoms with van der Waals surface area (Å²) < 4.78 is 10.8. The molecule has 1 atom stereocenters. The molecule has 2 aliphatic rings. The third-order valence-corrected chi connectivity index (χ3v) is 4.52. The summed E-state index contributed by atoms with van der Waals surface area (Å²) in [4.78, 5) is 14.8. The Labute approximate surface area is 128 Å². The van der Waals surface area contributed by atoms with Crippen molar-refractivity contribution in [2.24, 2.45) is 0 Å². The summed E-state index contributed by atoms with van der Waals surface area (Å²) in [6.45, 7) is 12.0. The minimum absolute atomic E-state index is 0.0351. The van der Waals surface area contributed by atoms with Gasteiger partial charge in [0.1, 0.15) is 5.54 Å². The van der Waals surface area contributed by atoms with Crippen LogP contribution < -0.4 is 5.32 Å². The Morgan fingerprint density at radius 3 is 2.76 bits per heavy atom. The van der Waals surface area contributed by atoms with E-state index in [2.05, 4.69) is 24.1 Å². The SMILES string of the molecule is CCOC(=O)C(C)(CCN1CCOCC1(C)C)NC1CC1. The Balaban J connectivity index is 1.95. The maximum absolute atomic E-state index is 12.3. The number of carbonyl (C=O) groups is 1. The van der Waals surface area contributed by atoms with E-state index in [-0.39, 0.29) is 11.5 Å². The highest BCUT2D eigenvalue weighted by molar-refractivity contribution is 5.80. The molecule has 1 saturated heterocycles. The summed E-state index contributed by atoms with van der Waals surface area (Å²) in [5.41, 5.74) is -0.543. The van der Waals surface area contributed by atoms with E-state index < -0.39 is 5.54 Å². The molecule has 5 nitrogen and oxygen atoms in total. The number of esters is 1. The molecule has 0 aromatic carbocycles. The van der Waals surface area contributed by atoms with Gasteiger partial charge in [-0.05, 0) is 47.0 Å². The van der Waals surface area contributed by atoms with Gasteiger partial charge in [0.05, 0.1) is 19.8 Å². The Kier molecular flexibility index (Phi) is 5.28. The second kappa shape index (κ2) is 6.63. The van der Waals surface area contributed by atoms with Crippen molar-refractivity contribution in [2.75, 3.05) is 32.9 Å². The maximum atomic E-state index is 12.3. The predicted molar refractivity (Wildman–Crippen MR) is 82.3 cm³/mol. The smallest absolute Gasteiger partial charge is 0.326 e. The van der Waals surface area contributed by atoms with Gasteiger partial charge in [0.2, 0.25) is 0 Å². The number of rotatable bonds is 7. The molecule has 1 heterocycles. The molecular formula is C16H30N2O3. The molecule has 2 fully saturated rings. The molecule has 0 amide bonds. The van der Waals surface area contributed by atoms with Gasteiger partial charge in [-0.3, -0.25) is 15.0 Å². The Bertz CT molecular complexity index is 369. The molecular weight excluding hydrogens is 268 g/mol. The van der Waals surface area contributed by atoms with Gasteiger partial charge >= 0.3 is 5.97 Å². The minimum atomic E-state index is -0.578. The number of nitrogens with zero attached hydrogens (tertiary/aromatic N) is 1. The van der Waals surface area contributed by atoms with Crippen LogP contribution in [0.2, 0.25) is 0 Å². The monoisotopic (exact) mass is 298 g/mol. The first kappa shape index (κ1) is 16.7. The van der Waals surface area contributed by atoms with Gasteiger partial charge in [-0.1, -0.05) is 0 Å². The zero-order chi connectivity index (χ0) is 15.5. The van der Waals surface area contributed by atoms with Crippen molar-refractivity contribution < 1.29 is 14.3 Å². The molecule has 1 aliphatic heterocycles. The molecule has 1 aliphatic carbocycles. The molecule has 5 heteroatoms. The van der Waals surface area contributed by atoms with Crippen molar-refractivity contribution in [3.63, 3.8) is 0 Å². The normalized spacial score (nSPS) is 25.3. The molecule has 0 aromatic rings. The Morgan fingerprint density at radius 1 is 1.48 bits per heavy atom. The fourth-order valence-electron chi connectivity index (χ4n) is 2.87. The number of hydrogen-bond donors (Lipinski definition) is 1. The highest BCUT2D eigenvalue weighted by Crippen LogP contribution is 2.27. The summed E-state index contributed by atoms with van der Waals surface area (Å²) in [5, 5.41) is 3.49. The number of ether oxygens (including phenoxy) is 2. The van der Waals surface area contributed by atoms with Gasteiger partial charge < -0.3 is 9.47 Å². The van der Waals surface area contributed by atoms with Crippen LogP contribution in [0.15, 0.2) is 0 Å². The third kappa shape index (κ3) is 4.41. The first-order valence-corrected chi connectivity index (χ1v) is 8.15. The lowest BCUT2D eigenvalue weighted by Gasteiger charge is -2.43. The largest absolute Gasteiger partial charge is 0.465 e. The molecule has 122 valence electrons. The fraction of sp³-hybridized carbons (Fsp3) is 0.938. The zero-order valence-electron chi connectivity index (χ0n) is 13.9. The van der Waals surface area contributed by atoms with Crippen molar-refractivity contribution in [1.29, 1.82) is 0 Å². The van der Waals surface area contributed by atoms with Gasteiger partial charge in [-0.25, -0.2) is 0 Å². The maximum Gasteiger partial charge on any atom is 0.326 e. The molecule has 1 N–H and O–H groups in total. The first-order chi connectivity index (χ1) is 9.87. The topological polar surface area (TPSA) is 50.8 Å². The molecule has 0 bridgehead atoms. The van der Waals surface area contributed by atoms with Crippen molar-refractivity contribution in [2.45, 2.75) is 64.1 Å². The van der Waals surface area contributed by atoms with Crippen LogP contribution in [0.3, 0.4) is 0 Å². The van der Waals surface area contributed by atoms with Crippen LogP contribution in [0.1, 0.15) is 47.0 Å². The van der Waals surface area contributed by atoms with Gasteiger partial charge in [-0.15, -0.1) is 0 Å². The lowest BCUT2D eigenvalue weighted by atomic mass is 9.94. The fourth-order valence-corrected chi connectivity index (χ4v) is 2.87. The summed E-state index contributed by atoms with van der Waals surface area (Å²) in [6.07, 6.45) is 3.10. The van der Waals surface area contributed by atoms with Crippen molar-refractivity contribution >= 4 is 5.97 Å². The lowest BCUT2D eigenvalue weighted by molar-refractivity contribution is -0.151. The number of morpholine rings is 1. The average molecular weight is 298 g/mol. The molecule has 21 heavy (non-hydrogen) atoms. The van der Waals surface area contributed by atoms with Crippen LogP contribution in [-0.2, 0) is 14.3 Å². The van der Waals surface area contributed by atoms with E-state index in [0.717, 1.165) is 45.6 Å². The van der Waals surface area contributed by atoms with Crippen molar-refractivity contribution in [3.05, 3.63) is 0 Å². The minimum Gasteiger partial charge on any atom is -0.465 e. The van der Waals surface area contributed by atoms with Crippen LogP contribution in [0, 0.1) is 0 Å². The second-order valence-corrected chi connectivity index (χ2v) is 7.07. The molecule has 0 radical (unpaired) electrons. The summed E-state index contributed by atoms with van der Waals surface area (Å²) in [6, 6.07) is 0.483. The zero-order valence-corrected chi connectivity index (χ0v) is 13.9. The lowest BCUT2D eigenvalue weighted by Crippen LogP contribution is -2.57. The number of hydrogen-bond acceptors (Lipinski definition) is 5. The summed E-state index contributed by atoms with van der Waals surface area (Å²) >= 11 is 0. The van der Waals surface area contributed by atoms with Crippen LogP contribution in [-0.4, -0.2) is 60.9 Å². The van der Waals surface area contributed by atoms with E-state index >= 15 is 0 Å². The summed E-state index contributed by atoms with van der Waals surface area (Å²) in [7, 11) is 0. The molecule has 0 aromatic heterocycles. The molecule has 2 rings (SSSR count). The van der Waals surface area contributed by atoms with Gasteiger partial charge in [0.15, 0.2) is 0 Å². The van der Waals surface area contributed by atoms with Gasteiger partial charge in [-0.2, -0.15) is 0 Å². The molecule has 0 spiro atoms. The van der Waals surface area contributed by atoms with E-state index in [1.165, 1.54) is 0 Å². The van der Waals surface area contributed by atoms with Crippen LogP contribution in [0.4, 0.5) is 0 Å². The highest BCUT2D eigenvalue weighted by atomic mass is 16.5. The van der Waals surface area contributed by atoms with E-state index in [4.69, 9.17) is 9.47 Å². The van der Waals surface area contributed by atoms with E-state index in [1.807, 2.05) is 13.8 Å². The van der Waals surface area contributed by atoms with Crippen LogP contribution in [0.5, 0.6) is 0 Å². The molecule has 1 saturated carbocycles. The van der Waals surface area contributed by atoms with Crippen LogP contribution >= 0.6 is 0 Å². The first-order valence-electron chi connectivity index (χ1n) is 8.15. The average Bonchev–Trinajstić information content (AvgIpc) is 3.21. The predicted octanol–water partition coefficient (Wildman–Crippen LogP) is 1.56. The quantitative estimate of drug-likeness (QED) is 0.723. The Morgan fingerprint density at radius 2 is 2.19 bits per heavy atom. The third-order valence-electron chi connectivity index (χ3n) is 4.52. The van der Waals surface area contributed by atoms with Gasteiger partial charge in [0, 0.05) is 24.7 Å². The Hall–Kier alpha value is -0.650. The molecule has 1 unspecified atom stereocenters. The standard InChI is InChI=1S/C16H30N2O3/c1-5-21-14(19)16(4,17-13-6-7-13)8-9-18-10-11-20-12-15(18,2)3/h13,17H,5-12H2,1-4H3. The van der Waals surface area contributed by atoms with E-state index in [9.17, 15) is 4.79 Å². The van der Waals surface area contributed by atoms with Gasteiger partial charge in [0.25, 0.3) is 0 Å². The second-order valence-electron chi connectivity index (χ2n) is 7.07. The van der Waals surface area contributed by atoms with E-state index in [0.29, 0.717) is 12.6 Å². The number of nitrogens with one attached hydrogen (secondary N) is 1. The summed E-state index contributed by atoms with van der Waals surface area (Å²) in [5.74, 6) is -0.122. The van der Waals surface area contributed by atoms with Crippen LogP contribution in [0.25, 0.3) is 0 Å². The number of carbonyl (C=O) groups excluding carboxylic acids is 1. The highest BCUT2D eigenvalue weighted by Gasteiger charge is 2.41. The van der Waals surface area contributed by atoms with E-state index in [1.54, 1.807) is 0 Å². The van der Waals surface area contributed by atoms with Crippen molar-refractivity contribution in [3.8, 4) is 0 Å².